The van der Waals surface area contributed by atoms with Gasteiger partial charge in [-0.05, 0) is 62.4 Å². The fourth-order valence-electron chi connectivity index (χ4n) is 5.96. The summed E-state index contributed by atoms with van der Waals surface area (Å²) >= 11 is 0. The number of halogens is 3. The number of hydrogen-bond donors (Lipinski definition) is 2. The van der Waals surface area contributed by atoms with Crippen LogP contribution in [-0.4, -0.2) is 67.9 Å². The first-order valence-electron chi connectivity index (χ1n) is 14.1. The van der Waals surface area contributed by atoms with Crippen LogP contribution in [-0.2, 0) is 21.4 Å². The lowest BCUT2D eigenvalue weighted by atomic mass is 9.79. The Morgan fingerprint density at radius 3 is 2.50 bits per heavy atom. The molecular weight excluding hydrogens is 549 g/mol. The summed E-state index contributed by atoms with van der Waals surface area (Å²) in [5.74, 6) is 0.377. The molecule has 3 aliphatic rings. The SMILES string of the molecule is O=C(C1CC(c2cccc(C(F)(F)F)c2)=NO1)N1CCC(NC2CCC(O)(c3ccc(-c4ncccn4)cn3)CC2)C1. The number of nitrogens with zero attached hydrogens (tertiary/aromatic N) is 5. The molecule has 2 N–H and O–H groups in total. The van der Waals surface area contributed by atoms with Crippen molar-refractivity contribution in [1.29, 1.82) is 0 Å². The van der Waals surface area contributed by atoms with Crippen molar-refractivity contribution in [3.05, 3.63) is 77.9 Å². The van der Waals surface area contributed by atoms with Gasteiger partial charge in [0.1, 0.15) is 5.60 Å². The largest absolute Gasteiger partial charge is 0.416 e. The predicted molar refractivity (Wildman–Crippen MR) is 147 cm³/mol. The quantitative estimate of drug-likeness (QED) is 0.452. The maximum Gasteiger partial charge on any atom is 0.416 e. The number of carbonyl (C=O) groups is 1. The maximum absolute atomic E-state index is 13.1. The number of aliphatic hydroxyl groups is 1. The number of nitrogens with one attached hydrogen (secondary N) is 1. The van der Waals surface area contributed by atoms with E-state index in [0.29, 0.717) is 48.7 Å². The third-order valence-electron chi connectivity index (χ3n) is 8.32. The summed E-state index contributed by atoms with van der Waals surface area (Å²) in [7, 11) is 0. The number of aromatic nitrogens is 3. The van der Waals surface area contributed by atoms with Crippen molar-refractivity contribution in [2.75, 3.05) is 13.1 Å². The summed E-state index contributed by atoms with van der Waals surface area (Å²) in [5, 5.41) is 18.9. The van der Waals surface area contributed by atoms with E-state index in [1.807, 2.05) is 12.1 Å². The van der Waals surface area contributed by atoms with Gasteiger partial charge >= 0.3 is 6.18 Å². The Kier molecular flexibility index (Phi) is 7.67. The number of alkyl halides is 3. The minimum Gasteiger partial charge on any atom is -0.384 e. The number of oxime groups is 1. The molecule has 2 atom stereocenters. The smallest absolute Gasteiger partial charge is 0.384 e. The van der Waals surface area contributed by atoms with E-state index < -0.39 is 23.4 Å². The highest BCUT2D eigenvalue weighted by molar-refractivity contribution is 6.04. The number of pyridine rings is 1. The molecule has 4 heterocycles. The molecule has 220 valence electrons. The van der Waals surface area contributed by atoms with Crippen LogP contribution < -0.4 is 5.32 Å². The molecule has 1 amide bonds. The molecular formula is C30H31F3N6O3. The highest BCUT2D eigenvalue weighted by Crippen LogP contribution is 2.37. The van der Waals surface area contributed by atoms with E-state index in [0.717, 1.165) is 37.0 Å². The molecule has 0 radical (unpaired) electrons. The summed E-state index contributed by atoms with van der Waals surface area (Å²) in [6.07, 6.45) is 3.33. The third kappa shape index (κ3) is 6.00. The van der Waals surface area contributed by atoms with Crippen LogP contribution >= 0.6 is 0 Å². The van der Waals surface area contributed by atoms with E-state index in [-0.39, 0.29) is 24.4 Å². The molecule has 42 heavy (non-hydrogen) atoms. The molecule has 2 aliphatic heterocycles. The first-order chi connectivity index (χ1) is 20.2. The van der Waals surface area contributed by atoms with Crippen molar-refractivity contribution in [3.63, 3.8) is 0 Å². The first kappa shape index (κ1) is 28.2. The normalized spacial score (nSPS) is 26.1. The number of hydrogen-bond acceptors (Lipinski definition) is 8. The first-order valence-corrected chi connectivity index (χ1v) is 14.1. The van der Waals surface area contributed by atoms with Crippen molar-refractivity contribution in [3.8, 4) is 11.4 Å². The summed E-state index contributed by atoms with van der Waals surface area (Å²) in [6, 6.07) is 10.7. The molecule has 2 fully saturated rings. The molecule has 2 aromatic heterocycles. The van der Waals surface area contributed by atoms with Crippen LogP contribution in [0.3, 0.4) is 0 Å². The number of rotatable bonds is 6. The average Bonchev–Trinajstić information content (AvgIpc) is 3.69. The molecule has 1 saturated carbocycles. The van der Waals surface area contributed by atoms with Crippen LogP contribution in [0.15, 0.2) is 66.2 Å². The molecule has 2 unspecified atom stereocenters. The van der Waals surface area contributed by atoms with Gasteiger partial charge in [-0.3, -0.25) is 9.78 Å². The Bertz CT molecular complexity index is 1440. The van der Waals surface area contributed by atoms with Crippen LogP contribution in [0.4, 0.5) is 13.2 Å². The van der Waals surface area contributed by atoms with Gasteiger partial charge in [0.05, 0.1) is 17.0 Å². The van der Waals surface area contributed by atoms with Crippen LogP contribution in [0.2, 0.25) is 0 Å². The molecule has 1 aliphatic carbocycles. The number of carbonyl (C=O) groups excluding carboxylic acids is 1. The van der Waals surface area contributed by atoms with Crippen molar-refractivity contribution in [2.45, 2.75) is 68.5 Å². The second-order valence-corrected chi connectivity index (χ2v) is 11.2. The van der Waals surface area contributed by atoms with E-state index in [2.05, 4.69) is 25.4 Å². The molecule has 0 spiro atoms. The number of likely N-dealkylation sites (tertiary alicyclic amines) is 1. The van der Waals surface area contributed by atoms with E-state index in [9.17, 15) is 23.1 Å². The Morgan fingerprint density at radius 1 is 1.00 bits per heavy atom. The van der Waals surface area contributed by atoms with Gasteiger partial charge in [0.2, 0.25) is 6.10 Å². The van der Waals surface area contributed by atoms with Crippen LogP contribution in [0.25, 0.3) is 11.4 Å². The van der Waals surface area contributed by atoms with Gasteiger partial charge in [-0.1, -0.05) is 17.3 Å². The van der Waals surface area contributed by atoms with Crippen molar-refractivity contribution in [2.24, 2.45) is 5.16 Å². The highest BCUT2D eigenvalue weighted by atomic mass is 19.4. The summed E-state index contributed by atoms with van der Waals surface area (Å²) < 4.78 is 39.3. The lowest BCUT2D eigenvalue weighted by Crippen LogP contribution is -2.46. The molecule has 6 rings (SSSR count). The standard InChI is InChI=1S/C30H31F3N6O3/c31-30(32,33)21-4-1-3-19(15-21)24-16-25(42-38-24)28(40)39-14-9-23(18-39)37-22-7-10-29(41,11-8-22)26-6-5-20(17-36-26)27-34-12-2-13-35-27/h1-6,12-13,15,17,22-23,25,37,41H,7-11,14,16,18H2. The van der Waals surface area contributed by atoms with Crippen molar-refractivity contribution >= 4 is 11.6 Å². The van der Waals surface area contributed by atoms with Crippen molar-refractivity contribution in [1.82, 2.24) is 25.2 Å². The molecule has 12 heteroatoms. The minimum atomic E-state index is -4.46. The fourth-order valence-corrected chi connectivity index (χ4v) is 5.96. The fraction of sp³-hybridized carbons (Fsp3) is 0.433. The van der Waals surface area contributed by atoms with Crippen LogP contribution in [0.1, 0.15) is 55.3 Å². The lowest BCUT2D eigenvalue weighted by molar-refractivity contribution is -0.141. The molecule has 0 bridgehead atoms. The zero-order valence-corrected chi connectivity index (χ0v) is 22.8. The second kappa shape index (κ2) is 11.4. The van der Waals surface area contributed by atoms with E-state index in [1.54, 1.807) is 29.6 Å². The van der Waals surface area contributed by atoms with E-state index in [4.69, 9.17) is 4.84 Å². The van der Waals surface area contributed by atoms with E-state index >= 15 is 0 Å². The van der Waals surface area contributed by atoms with Gasteiger partial charge in [-0.15, -0.1) is 0 Å². The highest BCUT2D eigenvalue weighted by Gasteiger charge is 2.39. The zero-order valence-electron chi connectivity index (χ0n) is 22.8. The van der Waals surface area contributed by atoms with Gasteiger partial charge in [0.25, 0.3) is 5.91 Å². The monoisotopic (exact) mass is 580 g/mol. The molecule has 1 saturated heterocycles. The second-order valence-electron chi connectivity index (χ2n) is 11.2. The van der Waals surface area contributed by atoms with Gasteiger partial charge in [0.15, 0.2) is 5.82 Å². The maximum atomic E-state index is 13.1. The van der Waals surface area contributed by atoms with Crippen molar-refractivity contribution < 1.29 is 27.9 Å². The van der Waals surface area contributed by atoms with Gasteiger partial charge in [-0.2, -0.15) is 13.2 Å². The minimum absolute atomic E-state index is 0.110. The third-order valence-corrected chi connectivity index (χ3v) is 8.32. The molecule has 1 aromatic carbocycles. The Balaban J connectivity index is 0.978. The summed E-state index contributed by atoms with van der Waals surface area (Å²) in [6.45, 7) is 1.08. The van der Waals surface area contributed by atoms with Gasteiger partial charge < -0.3 is 20.2 Å². The Labute approximate surface area is 240 Å². The van der Waals surface area contributed by atoms with Crippen LogP contribution in [0, 0.1) is 0 Å². The predicted octanol–water partition coefficient (Wildman–Crippen LogP) is 4.07. The van der Waals surface area contributed by atoms with Gasteiger partial charge in [0, 0.05) is 61.3 Å². The topological polar surface area (TPSA) is 113 Å². The molecule has 9 nitrogen and oxygen atoms in total. The van der Waals surface area contributed by atoms with Crippen LogP contribution in [0.5, 0.6) is 0 Å². The van der Waals surface area contributed by atoms with Gasteiger partial charge in [-0.25, -0.2) is 9.97 Å². The summed E-state index contributed by atoms with van der Waals surface area (Å²) in [4.78, 5) is 33.2. The zero-order chi connectivity index (χ0) is 29.3. The average molecular weight is 581 g/mol. The Morgan fingerprint density at radius 2 is 1.79 bits per heavy atom. The lowest BCUT2D eigenvalue weighted by Gasteiger charge is -2.37. The van der Waals surface area contributed by atoms with E-state index in [1.165, 1.54) is 12.1 Å². The number of amides is 1. The Hall–Kier alpha value is -3.90. The number of benzene rings is 1. The molecule has 3 aromatic rings. The summed E-state index contributed by atoms with van der Waals surface area (Å²) in [5.41, 5.74) is 0.305.